The van der Waals surface area contributed by atoms with Gasteiger partial charge in [-0.15, -0.1) is 0 Å². The SMILES string of the molecule is Cc1c(C)c2ccc(OC(C)C(=O)N3CCN(Cc4cccnc4)CC3)cc2oc1=O. The number of benzene rings is 1. The van der Waals surface area contributed by atoms with E-state index < -0.39 is 6.10 Å². The van der Waals surface area contributed by atoms with Crippen molar-refractivity contribution in [3.05, 3.63) is 69.8 Å². The van der Waals surface area contributed by atoms with Crippen LogP contribution in [0, 0.1) is 13.8 Å². The molecule has 0 saturated carbocycles. The highest BCUT2D eigenvalue weighted by atomic mass is 16.5. The minimum Gasteiger partial charge on any atom is -0.481 e. The number of carbonyl (C=O) groups excluding carboxylic acids is 1. The monoisotopic (exact) mass is 421 g/mol. The van der Waals surface area contributed by atoms with Crippen LogP contribution in [-0.2, 0) is 11.3 Å². The number of nitrogens with zero attached hydrogens (tertiary/aromatic N) is 3. The van der Waals surface area contributed by atoms with Gasteiger partial charge in [0, 0.05) is 62.1 Å². The fraction of sp³-hybridized carbons (Fsp3) is 0.375. The molecule has 1 saturated heterocycles. The van der Waals surface area contributed by atoms with E-state index in [1.54, 1.807) is 26.1 Å². The average molecular weight is 421 g/mol. The molecule has 0 N–H and O–H groups in total. The second-order valence-corrected chi connectivity index (χ2v) is 8.02. The Morgan fingerprint density at radius 3 is 2.65 bits per heavy atom. The molecule has 162 valence electrons. The fourth-order valence-electron chi connectivity index (χ4n) is 3.89. The first-order valence-electron chi connectivity index (χ1n) is 10.5. The van der Waals surface area contributed by atoms with Crippen molar-refractivity contribution >= 4 is 16.9 Å². The van der Waals surface area contributed by atoms with Crippen molar-refractivity contribution in [1.82, 2.24) is 14.8 Å². The smallest absolute Gasteiger partial charge is 0.339 e. The van der Waals surface area contributed by atoms with Crippen LogP contribution in [0.25, 0.3) is 11.0 Å². The fourth-order valence-corrected chi connectivity index (χ4v) is 3.89. The summed E-state index contributed by atoms with van der Waals surface area (Å²) in [7, 11) is 0. The molecule has 1 aromatic carbocycles. The molecule has 0 aliphatic carbocycles. The van der Waals surface area contributed by atoms with Crippen molar-refractivity contribution in [3.63, 3.8) is 0 Å². The number of hydrogen-bond acceptors (Lipinski definition) is 6. The number of ether oxygens (including phenoxy) is 1. The molecule has 0 radical (unpaired) electrons. The minimum atomic E-state index is -0.624. The van der Waals surface area contributed by atoms with Crippen molar-refractivity contribution in [2.24, 2.45) is 0 Å². The van der Waals surface area contributed by atoms with Crippen molar-refractivity contribution in [3.8, 4) is 5.75 Å². The van der Waals surface area contributed by atoms with E-state index in [-0.39, 0.29) is 11.5 Å². The summed E-state index contributed by atoms with van der Waals surface area (Å²) in [6.07, 6.45) is 3.02. The molecular formula is C24H27N3O4. The van der Waals surface area contributed by atoms with Crippen LogP contribution in [0.15, 0.2) is 51.9 Å². The summed E-state index contributed by atoms with van der Waals surface area (Å²) in [5.74, 6) is 0.470. The first-order valence-corrected chi connectivity index (χ1v) is 10.5. The predicted octanol–water partition coefficient (Wildman–Crippen LogP) is 2.92. The molecule has 1 amide bonds. The van der Waals surface area contributed by atoms with Gasteiger partial charge >= 0.3 is 5.63 Å². The summed E-state index contributed by atoms with van der Waals surface area (Å²) in [5.41, 5.74) is 2.79. The van der Waals surface area contributed by atoms with E-state index in [4.69, 9.17) is 9.15 Å². The van der Waals surface area contributed by atoms with Crippen molar-refractivity contribution < 1.29 is 13.9 Å². The number of fused-ring (bicyclic) bond motifs is 1. The molecule has 0 spiro atoms. The molecular weight excluding hydrogens is 394 g/mol. The van der Waals surface area contributed by atoms with Gasteiger partial charge in [-0.2, -0.15) is 0 Å². The summed E-state index contributed by atoms with van der Waals surface area (Å²) in [6.45, 7) is 9.20. The molecule has 31 heavy (non-hydrogen) atoms. The zero-order chi connectivity index (χ0) is 22.0. The topological polar surface area (TPSA) is 75.9 Å². The molecule has 2 aromatic heterocycles. The Labute approximate surface area is 181 Å². The summed E-state index contributed by atoms with van der Waals surface area (Å²) in [5, 5.41) is 0.869. The van der Waals surface area contributed by atoms with Crippen molar-refractivity contribution in [2.75, 3.05) is 26.2 Å². The van der Waals surface area contributed by atoms with Crippen LogP contribution in [-0.4, -0.2) is 53.0 Å². The molecule has 7 heteroatoms. The van der Waals surface area contributed by atoms with Gasteiger partial charge in [0.25, 0.3) is 5.91 Å². The molecule has 1 aliphatic rings. The Bertz CT molecular complexity index is 1130. The zero-order valence-electron chi connectivity index (χ0n) is 18.1. The van der Waals surface area contributed by atoms with Gasteiger partial charge in [-0.05, 0) is 50.1 Å². The number of aryl methyl sites for hydroxylation is 1. The number of amides is 1. The van der Waals surface area contributed by atoms with Crippen LogP contribution in [0.1, 0.15) is 23.6 Å². The highest BCUT2D eigenvalue weighted by Gasteiger charge is 2.26. The zero-order valence-corrected chi connectivity index (χ0v) is 18.1. The van der Waals surface area contributed by atoms with Crippen LogP contribution < -0.4 is 10.4 Å². The molecule has 7 nitrogen and oxygen atoms in total. The molecule has 3 aromatic rings. The Hall–Kier alpha value is -3.19. The van der Waals surface area contributed by atoms with Crippen LogP contribution in [0.2, 0.25) is 0 Å². The van der Waals surface area contributed by atoms with Gasteiger partial charge in [0.15, 0.2) is 6.10 Å². The van der Waals surface area contributed by atoms with Gasteiger partial charge in [-0.3, -0.25) is 14.7 Å². The maximum atomic E-state index is 12.9. The number of rotatable bonds is 5. The highest BCUT2D eigenvalue weighted by molar-refractivity contribution is 5.83. The lowest BCUT2D eigenvalue weighted by molar-refractivity contribution is -0.139. The normalized spacial score (nSPS) is 15.8. The molecule has 1 aliphatic heterocycles. The summed E-state index contributed by atoms with van der Waals surface area (Å²) in [6, 6.07) is 9.36. The number of carbonyl (C=O) groups is 1. The molecule has 1 unspecified atom stereocenters. The van der Waals surface area contributed by atoms with E-state index in [0.717, 1.165) is 30.6 Å². The molecule has 0 bridgehead atoms. The average Bonchev–Trinajstić information content (AvgIpc) is 2.78. The number of piperazine rings is 1. The third-order valence-electron chi connectivity index (χ3n) is 5.90. The Morgan fingerprint density at radius 1 is 1.16 bits per heavy atom. The Morgan fingerprint density at radius 2 is 1.94 bits per heavy atom. The van der Waals surface area contributed by atoms with E-state index >= 15 is 0 Å². The van der Waals surface area contributed by atoms with E-state index in [9.17, 15) is 9.59 Å². The summed E-state index contributed by atoms with van der Waals surface area (Å²) in [4.78, 5) is 33.2. The summed E-state index contributed by atoms with van der Waals surface area (Å²) >= 11 is 0. The second kappa shape index (κ2) is 8.89. The van der Waals surface area contributed by atoms with E-state index in [0.29, 0.717) is 30.0 Å². The predicted molar refractivity (Wildman–Crippen MR) is 118 cm³/mol. The second-order valence-electron chi connectivity index (χ2n) is 8.02. The largest absolute Gasteiger partial charge is 0.481 e. The highest BCUT2D eigenvalue weighted by Crippen LogP contribution is 2.25. The standard InChI is InChI=1S/C24H27N3O4/c1-16-17(2)24(29)31-22-13-20(6-7-21(16)22)30-18(3)23(28)27-11-9-26(10-12-27)15-19-5-4-8-25-14-19/h4-8,13-14,18H,9-12,15H2,1-3H3. The minimum absolute atomic E-state index is 0.0392. The molecule has 1 atom stereocenters. The van der Waals surface area contributed by atoms with E-state index in [2.05, 4.69) is 16.0 Å². The van der Waals surface area contributed by atoms with Crippen molar-refractivity contribution in [2.45, 2.75) is 33.4 Å². The van der Waals surface area contributed by atoms with E-state index in [1.807, 2.05) is 36.2 Å². The van der Waals surface area contributed by atoms with E-state index in [1.165, 1.54) is 5.56 Å². The molecule has 3 heterocycles. The first-order chi connectivity index (χ1) is 14.9. The summed E-state index contributed by atoms with van der Waals surface area (Å²) < 4.78 is 11.3. The quantitative estimate of drug-likeness (QED) is 0.590. The van der Waals surface area contributed by atoms with Gasteiger partial charge in [0.1, 0.15) is 11.3 Å². The van der Waals surface area contributed by atoms with Crippen LogP contribution in [0.4, 0.5) is 0 Å². The lowest BCUT2D eigenvalue weighted by atomic mass is 10.1. The van der Waals surface area contributed by atoms with Gasteiger partial charge < -0.3 is 14.1 Å². The van der Waals surface area contributed by atoms with Gasteiger partial charge in [-0.1, -0.05) is 6.07 Å². The van der Waals surface area contributed by atoms with Crippen LogP contribution in [0.3, 0.4) is 0 Å². The van der Waals surface area contributed by atoms with Gasteiger partial charge in [0.2, 0.25) is 0 Å². The number of pyridine rings is 1. The third-order valence-corrected chi connectivity index (χ3v) is 5.90. The number of hydrogen-bond donors (Lipinski definition) is 0. The molecule has 1 fully saturated rings. The van der Waals surface area contributed by atoms with Crippen LogP contribution in [0.5, 0.6) is 5.75 Å². The maximum absolute atomic E-state index is 12.9. The number of aromatic nitrogens is 1. The lowest BCUT2D eigenvalue weighted by Crippen LogP contribution is -2.51. The van der Waals surface area contributed by atoms with Gasteiger partial charge in [-0.25, -0.2) is 4.79 Å². The maximum Gasteiger partial charge on any atom is 0.339 e. The van der Waals surface area contributed by atoms with Gasteiger partial charge in [0.05, 0.1) is 0 Å². The van der Waals surface area contributed by atoms with Crippen LogP contribution >= 0.6 is 0 Å². The third kappa shape index (κ3) is 4.61. The Kier molecular flexibility index (Phi) is 6.04. The first kappa shape index (κ1) is 21.1. The Balaban J connectivity index is 1.37. The van der Waals surface area contributed by atoms with Crippen molar-refractivity contribution in [1.29, 1.82) is 0 Å². The lowest BCUT2D eigenvalue weighted by Gasteiger charge is -2.35. The molecule has 4 rings (SSSR count).